The van der Waals surface area contributed by atoms with E-state index in [0.717, 1.165) is 5.56 Å². The summed E-state index contributed by atoms with van der Waals surface area (Å²) in [6.07, 6.45) is 0. The number of aromatic nitrogens is 2. The summed E-state index contributed by atoms with van der Waals surface area (Å²) < 4.78 is 5.79. The first-order chi connectivity index (χ1) is 10.2. The summed E-state index contributed by atoms with van der Waals surface area (Å²) in [7, 11) is 0. The lowest BCUT2D eigenvalue weighted by Crippen LogP contribution is -1.88. The number of benzene rings is 2. The van der Waals surface area contributed by atoms with Crippen molar-refractivity contribution in [1.29, 1.82) is 0 Å². The number of thioether (sulfide) groups is 1. The molecule has 0 aliphatic carbocycles. The van der Waals surface area contributed by atoms with Crippen LogP contribution in [0.2, 0.25) is 0 Å². The zero-order valence-electron chi connectivity index (χ0n) is 12.0. The molecule has 0 N–H and O–H groups in total. The lowest BCUT2D eigenvalue weighted by atomic mass is 10.2. The highest BCUT2D eigenvalue weighted by Gasteiger charge is 2.16. The molecule has 1 unspecified atom stereocenters. The van der Waals surface area contributed by atoms with E-state index in [-0.39, 0.29) is 5.25 Å². The number of nitrogens with zero attached hydrogens (tertiary/aromatic N) is 2. The van der Waals surface area contributed by atoms with Gasteiger partial charge in [0, 0.05) is 10.5 Å². The predicted octanol–water partition coefficient (Wildman–Crippen LogP) is 4.90. The second-order valence-electron chi connectivity index (χ2n) is 4.89. The van der Waals surface area contributed by atoms with E-state index in [9.17, 15) is 0 Å². The van der Waals surface area contributed by atoms with Gasteiger partial charge in [-0.05, 0) is 38.1 Å². The summed E-state index contributed by atoms with van der Waals surface area (Å²) in [5, 5.41) is 8.43. The van der Waals surface area contributed by atoms with Crippen molar-refractivity contribution in [2.45, 2.75) is 24.0 Å². The Morgan fingerprint density at radius 2 is 1.81 bits per heavy atom. The van der Waals surface area contributed by atoms with Crippen LogP contribution in [0.15, 0.2) is 63.9 Å². The second kappa shape index (κ2) is 6.14. The molecule has 1 atom stereocenters. The first-order valence-electron chi connectivity index (χ1n) is 6.84. The summed E-state index contributed by atoms with van der Waals surface area (Å²) in [5.74, 6) is 1.22. The third-order valence-corrected chi connectivity index (χ3v) is 4.19. The summed E-state index contributed by atoms with van der Waals surface area (Å²) in [5.41, 5.74) is 2.20. The topological polar surface area (TPSA) is 38.9 Å². The smallest absolute Gasteiger partial charge is 0.247 e. The molecule has 0 aliphatic rings. The summed E-state index contributed by atoms with van der Waals surface area (Å²) >= 11 is 1.72. The lowest BCUT2D eigenvalue weighted by Gasteiger charge is -2.07. The first-order valence-corrected chi connectivity index (χ1v) is 7.72. The van der Waals surface area contributed by atoms with Gasteiger partial charge < -0.3 is 4.42 Å². The second-order valence-corrected chi connectivity index (χ2v) is 6.30. The predicted molar refractivity (Wildman–Crippen MR) is 85.2 cm³/mol. The minimum Gasteiger partial charge on any atom is -0.419 e. The van der Waals surface area contributed by atoms with Crippen molar-refractivity contribution in [2.75, 3.05) is 0 Å². The van der Waals surface area contributed by atoms with Crippen LogP contribution in [0.1, 0.15) is 23.6 Å². The van der Waals surface area contributed by atoms with E-state index in [0.29, 0.717) is 11.8 Å². The van der Waals surface area contributed by atoms with Crippen molar-refractivity contribution in [1.82, 2.24) is 10.2 Å². The van der Waals surface area contributed by atoms with E-state index in [4.69, 9.17) is 4.42 Å². The molecule has 106 valence electrons. The van der Waals surface area contributed by atoms with Gasteiger partial charge in [-0.25, -0.2) is 0 Å². The van der Waals surface area contributed by atoms with Crippen molar-refractivity contribution in [3.8, 4) is 11.5 Å². The van der Waals surface area contributed by atoms with Crippen LogP contribution in [-0.4, -0.2) is 10.2 Å². The van der Waals surface area contributed by atoms with Gasteiger partial charge in [0.1, 0.15) is 0 Å². The fourth-order valence-corrected chi connectivity index (χ4v) is 3.05. The van der Waals surface area contributed by atoms with Gasteiger partial charge in [0.25, 0.3) is 0 Å². The van der Waals surface area contributed by atoms with E-state index < -0.39 is 0 Å². The standard InChI is InChI=1S/C17H16N2OS/c1-12-7-6-10-15(11-12)21-13(2)16-18-19-17(20-16)14-8-4-3-5-9-14/h3-11,13H,1-2H3. The maximum atomic E-state index is 5.79. The average Bonchev–Trinajstić information content (AvgIpc) is 2.98. The van der Waals surface area contributed by atoms with Crippen LogP contribution >= 0.6 is 11.8 Å². The minimum absolute atomic E-state index is 0.122. The Bertz CT molecular complexity index is 724. The van der Waals surface area contributed by atoms with Crippen molar-refractivity contribution in [2.24, 2.45) is 0 Å². The molecule has 1 heterocycles. The van der Waals surface area contributed by atoms with Crippen molar-refractivity contribution in [3.63, 3.8) is 0 Å². The van der Waals surface area contributed by atoms with E-state index >= 15 is 0 Å². The summed E-state index contributed by atoms with van der Waals surface area (Å²) in [6, 6.07) is 18.2. The van der Waals surface area contributed by atoms with Crippen molar-refractivity contribution in [3.05, 3.63) is 66.1 Å². The molecule has 0 radical (unpaired) electrons. The minimum atomic E-state index is 0.122. The van der Waals surface area contributed by atoms with Gasteiger partial charge in [-0.3, -0.25) is 0 Å². The lowest BCUT2D eigenvalue weighted by molar-refractivity contribution is 0.509. The monoisotopic (exact) mass is 296 g/mol. The Hall–Kier alpha value is -2.07. The average molecular weight is 296 g/mol. The quantitative estimate of drug-likeness (QED) is 0.642. The highest BCUT2D eigenvalue weighted by atomic mass is 32.2. The van der Waals surface area contributed by atoms with Gasteiger partial charge in [-0.1, -0.05) is 35.9 Å². The van der Waals surface area contributed by atoms with Gasteiger partial charge in [-0.15, -0.1) is 22.0 Å². The van der Waals surface area contributed by atoms with Crippen LogP contribution in [0.5, 0.6) is 0 Å². The molecule has 3 aromatic rings. The molecule has 3 nitrogen and oxygen atoms in total. The molecule has 1 aromatic heterocycles. The van der Waals surface area contributed by atoms with Crippen molar-refractivity contribution >= 4 is 11.8 Å². The van der Waals surface area contributed by atoms with Crippen LogP contribution in [0.25, 0.3) is 11.5 Å². The molecule has 0 amide bonds. The molecule has 0 fully saturated rings. The number of rotatable bonds is 4. The van der Waals surface area contributed by atoms with E-state index in [1.807, 2.05) is 30.3 Å². The highest BCUT2D eigenvalue weighted by Crippen LogP contribution is 2.35. The molecule has 2 aromatic carbocycles. The first kappa shape index (κ1) is 13.9. The molecular weight excluding hydrogens is 280 g/mol. The fourth-order valence-electron chi connectivity index (χ4n) is 2.04. The molecule has 0 bridgehead atoms. The highest BCUT2D eigenvalue weighted by molar-refractivity contribution is 7.99. The van der Waals surface area contributed by atoms with Gasteiger partial charge in [0.15, 0.2) is 0 Å². The third-order valence-electron chi connectivity index (χ3n) is 3.11. The normalized spacial score (nSPS) is 12.3. The summed E-state index contributed by atoms with van der Waals surface area (Å²) in [4.78, 5) is 1.21. The molecule has 0 saturated heterocycles. The number of aryl methyl sites for hydroxylation is 1. The van der Waals surface area contributed by atoms with E-state index in [1.54, 1.807) is 11.8 Å². The molecule has 0 spiro atoms. The number of hydrogen-bond acceptors (Lipinski definition) is 4. The van der Waals surface area contributed by atoms with E-state index in [1.165, 1.54) is 10.5 Å². The van der Waals surface area contributed by atoms with Gasteiger partial charge in [0.05, 0.1) is 5.25 Å². The molecule has 0 saturated carbocycles. The van der Waals surface area contributed by atoms with E-state index in [2.05, 4.69) is 48.3 Å². The van der Waals surface area contributed by atoms with Crippen LogP contribution in [-0.2, 0) is 0 Å². The molecular formula is C17H16N2OS. The fraction of sp³-hybridized carbons (Fsp3) is 0.176. The molecule has 4 heteroatoms. The maximum Gasteiger partial charge on any atom is 0.247 e. The van der Waals surface area contributed by atoms with Crippen molar-refractivity contribution < 1.29 is 4.42 Å². The molecule has 21 heavy (non-hydrogen) atoms. The Labute approximate surface area is 128 Å². The van der Waals surface area contributed by atoms with Gasteiger partial charge in [-0.2, -0.15) is 0 Å². The van der Waals surface area contributed by atoms with Crippen LogP contribution < -0.4 is 0 Å². The van der Waals surface area contributed by atoms with Crippen LogP contribution in [0.4, 0.5) is 0 Å². The maximum absolute atomic E-state index is 5.79. The molecule has 0 aliphatic heterocycles. The Balaban J connectivity index is 1.77. The van der Waals surface area contributed by atoms with Gasteiger partial charge in [0.2, 0.25) is 11.8 Å². The summed E-state index contributed by atoms with van der Waals surface area (Å²) in [6.45, 7) is 4.17. The number of hydrogen-bond donors (Lipinski definition) is 0. The largest absolute Gasteiger partial charge is 0.419 e. The zero-order valence-corrected chi connectivity index (χ0v) is 12.8. The Morgan fingerprint density at radius 1 is 1.00 bits per heavy atom. The van der Waals surface area contributed by atoms with Crippen LogP contribution in [0.3, 0.4) is 0 Å². The Kier molecular flexibility index (Phi) is 4.06. The SMILES string of the molecule is Cc1cccc(SC(C)c2nnc(-c3ccccc3)o2)c1. The van der Waals surface area contributed by atoms with Gasteiger partial charge >= 0.3 is 0 Å². The Morgan fingerprint density at radius 3 is 2.57 bits per heavy atom. The zero-order chi connectivity index (χ0) is 14.7. The van der Waals surface area contributed by atoms with Crippen LogP contribution in [0, 0.1) is 6.92 Å². The molecule has 3 rings (SSSR count). The third kappa shape index (κ3) is 3.34.